The minimum atomic E-state index is 0.230. The van der Waals surface area contributed by atoms with Gasteiger partial charge < -0.3 is 16.1 Å². The molecule has 0 spiro atoms. The molecule has 3 heteroatoms. The fourth-order valence-corrected chi connectivity index (χ4v) is 0.928. The molecule has 0 aromatic carbocycles. The summed E-state index contributed by atoms with van der Waals surface area (Å²) in [5.74, 6) is 0.816. The van der Waals surface area contributed by atoms with Gasteiger partial charge in [0.15, 0.2) is 0 Å². The first-order valence-corrected chi connectivity index (χ1v) is 3.64. The van der Waals surface area contributed by atoms with Gasteiger partial charge in [0.05, 0.1) is 0 Å². The van der Waals surface area contributed by atoms with Crippen LogP contribution in [0.2, 0.25) is 0 Å². The molecule has 1 heterocycles. The van der Waals surface area contributed by atoms with Gasteiger partial charge in [0.25, 0.3) is 0 Å². The van der Waals surface area contributed by atoms with Crippen molar-refractivity contribution in [2.24, 2.45) is 5.92 Å². The van der Waals surface area contributed by atoms with Crippen molar-refractivity contribution in [1.82, 2.24) is 4.98 Å². The van der Waals surface area contributed by atoms with Crippen LogP contribution in [0.4, 0.5) is 5.82 Å². The summed E-state index contributed by atoms with van der Waals surface area (Å²) in [7, 11) is 0. The second-order valence-corrected chi connectivity index (χ2v) is 2.87. The van der Waals surface area contributed by atoms with E-state index in [1.807, 2.05) is 19.9 Å². The van der Waals surface area contributed by atoms with Gasteiger partial charge in [0.1, 0.15) is 5.82 Å². The van der Waals surface area contributed by atoms with Crippen molar-refractivity contribution in [3.63, 3.8) is 0 Å². The monoisotopic (exact) mass is 151 g/mol. The van der Waals surface area contributed by atoms with E-state index in [0.717, 1.165) is 5.56 Å². The number of nitrogen functional groups attached to an aromatic ring is 1. The number of hydrogen-bond donors (Lipinski definition) is 3. The number of aromatic amines is 1. The molecule has 0 bridgehead atoms. The van der Waals surface area contributed by atoms with E-state index in [1.54, 1.807) is 6.20 Å². The Balaban J connectivity index is 2.93. The van der Waals surface area contributed by atoms with Crippen LogP contribution >= 0.6 is 0 Å². The Kier molecular flexibility index (Phi) is 1.98. The number of H-pyrrole nitrogens is 1. The third-order valence-electron chi connectivity index (χ3n) is 1.65. The first-order chi connectivity index (χ1) is 5.13. The molecule has 0 saturated heterocycles. The summed E-state index contributed by atoms with van der Waals surface area (Å²) in [5.41, 5.74) is 6.99. The van der Waals surface area contributed by atoms with Gasteiger partial charge in [0.2, 0.25) is 0 Å². The standard InChI is InChI=1S/C8H13N3/c1-5(2)7(9)6-3-4-11-8(6)10/h3-5,9,11H,10H2,1-2H3. The first-order valence-electron chi connectivity index (χ1n) is 3.64. The SMILES string of the molecule is CC(C)C(=N)c1cc[nH]c1N. The topological polar surface area (TPSA) is 65.7 Å². The quantitative estimate of drug-likeness (QED) is 0.552. The third-order valence-corrected chi connectivity index (χ3v) is 1.65. The lowest BCUT2D eigenvalue weighted by Crippen LogP contribution is -2.08. The predicted molar refractivity (Wildman–Crippen MR) is 46.9 cm³/mol. The maximum atomic E-state index is 7.64. The summed E-state index contributed by atoms with van der Waals surface area (Å²) in [6.45, 7) is 3.96. The molecule has 0 aliphatic heterocycles. The summed E-state index contributed by atoms with van der Waals surface area (Å²) in [4.78, 5) is 2.84. The lowest BCUT2D eigenvalue weighted by molar-refractivity contribution is 0.878. The fraction of sp³-hybridized carbons (Fsp3) is 0.375. The molecule has 0 unspecified atom stereocenters. The van der Waals surface area contributed by atoms with Crippen molar-refractivity contribution >= 4 is 11.5 Å². The summed E-state index contributed by atoms with van der Waals surface area (Å²) >= 11 is 0. The minimum Gasteiger partial charge on any atom is -0.385 e. The molecule has 0 aliphatic rings. The van der Waals surface area contributed by atoms with E-state index in [4.69, 9.17) is 11.1 Å². The molecule has 0 saturated carbocycles. The van der Waals surface area contributed by atoms with Crippen molar-refractivity contribution < 1.29 is 0 Å². The van der Waals surface area contributed by atoms with Gasteiger partial charge >= 0.3 is 0 Å². The van der Waals surface area contributed by atoms with Crippen LogP contribution in [-0.4, -0.2) is 10.7 Å². The Morgan fingerprint density at radius 1 is 1.64 bits per heavy atom. The fourth-order valence-electron chi connectivity index (χ4n) is 0.928. The average Bonchev–Trinajstić information content (AvgIpc) is 2.33. The first kappa shape index (κ1) is 7.85. The van der Waals surface area contributed by atoms with Crippen LogP contribution in [0.5, 0.6) is 0 Å². The molecular weight excluding hydrogens is 138 g/mol. The molecule has 1 rings (SSSR count). The molecule has 0 amide bonds. The molecule has 11 heavy (non-hydrogen) atoms. The highest BCUT2D eigenvalue weighted by Gasteiger charge is 2.09. The van der Waals surface area contributed by atoms with Crippen LogP contribution in [0.1, 0.15) is 19.4 Å². The number of hydrogen-bond acceptors (Lipinski definition) is 2. The maximum Gasteiger partial charge on any atom is 0.109 e. The van der Waals surface area contributed by atoms with Crippen LogP contribution in [0.25, 0.3) is 0 Å². The zero-order chi connectivity index (χ0) is 8.43. The highest BCUT2D eigenvalue weighted by atomic mass is 14.8. The van der Waals surface area contributed by atoms with Gasteiger partial charge in [-0.2, -0.15) is 0 Å². The normalized spacial score (nSPS) is 10.5. The maximum absolute atomic E-state index is 7.64. The van der Waals surface area contributed by atoms with Crippen LogP contribution in [0.3, 0.4) is 0 Å². The van der Waals surface area contributed by atoms with Crippen LogP contribution in [0, 0.1) is 11.3 Å². The summed E-state index contributed by atoms with van der Waals surface area (Å²) in [6.07, 6.45) is 1.75. The number of rotatable bonds is 2. The lowest BCUT2D eigenvalue weighted by Gasteiger charge is -2.05. The van der Waals surface area contributed by atoms with Gasteiger partial charge in [-0.05, 0) is 12.0 Å². The highest BCUT2D eigenvalue weighted by molar-refractivity contribution is 6.03. The Labute approximate surface area is 66.1 Å². The van der Waals surface area contributed by atoms with E-state index in [-0.39, 0.29) is 5.92 Å². The second kappa shape index (κ2) is 2.78. The highest BCUT2D eigenvalue weighted by Crippen LogP contribution is 2.13. The summed E-state index contributed by atoms with van der Waals surface area (Å²) < 4.78 is 0. The van der Waals surface area contributed by atoms with Crippen molar-refractivity contribution in [2.75, 3.05) is 5.73 Å². The molecule has 0 aliphatic carbocycles. The third kappa shape index (κ3) is 1.42. The largest absolute Gasteiger partial charge is 0.385 e. The minimum absolute atomic E-state index is 0.230. The van der Waals surface area contributed by atoms with Crippen LogP contribution in [0.15, 0.2) is 12.3 Å². The van der Waals surface area contributed by atoms with Crippen molar-refractivity contribution in [2.45, 2.75) is 13.8 Å². The van der Waals surface area contributed by atoms with E-state index in [1.165, 1.54) is 0 Å². The van der Waals surface area contributed by atoms with Gasteiger partial charge in [-0.15, -0.1) is 0 Å². The molecular formula is C8H13N3. The molecule has 0 atom stereocenters. The number of aromatic nitrogens is 1. The van der Waals surface area contributed by atoms with Crippen LogP contribution < -0.4 is 5.73 Å². The lowest BCUT2D eigenvalue weighted by atomic mass is 10.0. The molecule has 0 radical (unpaired) electrons. The van der Waals surface area contributed by atoms with Gasteiger partial charge in [-0.1, -0.05) is 13.8 Å². The van der Waals surface area contributed by atoms with E-state index < -0.39 is 0 Å². The van der Waals surface area contributed by atoms with E-state index in [9.17, 15) is 0 Å². The van der Waals surface area contributed by atoms with Crippen molar-refractivity contribution in [3.05, 3.63) is 17.8 Å². The van der Waals surface area contributed by atoms with E-state index in [0.29, 0.717) is 11.5 Å². The van der Waals surface area contributed by atoms with Gasteiger partial charge in [-0.3, -0.25) is 0 Å². The molecule has 4 N–H and O–H groups in total. The smallest absolute Gasteiger partial charge is 0.109 e. The summed E-state index contributed by atoms with van der Waals surface area (Å²) in [5, 5.41) is 7.64. The molecule has 60 valence electrons. The molecule has 1 aromatic heterocycles. The van der Waals surface area contributed by atoms with Gasteiger partial charge in [0, 0.05) is 17.5 Å². The Morgan fingerprint density at radius 2 is 2.27 bits per heavy atom. The molecule has 0 fully saturated rings. The van der Waals surface area contributed by atoms with E-state index >= 15 is 0 Å². The Bertz CT molecular complexity index is 260. The predicted octanol–water partition coefficient (Wildman–Crippen LogP) is 1.62. The number of anilines is 1. The Hall–Kier alpha value is -1.25. The molecule has 1 aromatic rings. The van der Waals surface area contributed by atoms with Crippen molar-refractivity contribution in [3.8, 4) is 0 Å². The zero-order valence-corrected chi connectivity index (χ0v) is 6.81. The van der Waals surface area contributed by atoms with E-state index in [2.05, 4.69) is 4.98 Å². The second-order valence-electron chi connectivity index (χ2n) is 2.87. The summed E-state index contributed by atoms with van der Waals surface area (Å²) in [6, 6.07) is 1.83. The zero-order valence-electron chi connectivity index (χ0n) is 6.81. The van der Waals surface area contributed by atoms with Crippen molar-refractivity contribution in [1.29, 1.82) is 5.41 Å². The Morgan fingerprint density at radius 3 is 2.64 bits per heavy atom. The number of nitrogens with two attached hydrogens (primary N) is 1. The van der Waals surface area contributed by atoms with Gasteiger partial charge in [-0.25, -0.2) is 0 Å². The molecule has 3 nitrogen and oxygen atoms in total. The average molecular weight is 151 g/mol. The van der Waals surface area contributed by atoms with Crippen LogP contribution in [-0.2, 0) is 0 Å². The number of nitrogens with one attached hydrogen (secondary N) is 2.